The summed E-state index contributed by atoms with van der Waals surface area (Å²) in [5.74, 6) is 1.61. The van der Waals surface area contributed by atoms with Crippen molar-refractivity contribution >= 4 is 16.3 Å². The minimum atomic E-state index is 0.283. The first-order valence-corrected chi connectivity index (χ1v) is 7.89. The largest absolute Gasteiger partial charge is 0.316 e. The Morgan fingerprint density at radius 2 is 2.37 bits per heavy atom. The van der Waals surface area contributed by atoms with E-state index < -0.39 is 0 Å². The van der Waals surface area contributed by atoms with Gasteiger partial charge in [-0.3, -0.25) is 9.30 Å². The smallest absolute Gasteiger partial charge is 0.193 e. The maximum atomic E-state index is 4.72. The van der Waals surface area contributed by atoms with Gasteiger partial charge in [-0.1, -0.05) is 0 Å². The molecule has 0 aromatic carbocycles. The summed E-state index contributed by atoms with van der Waals surface area (Å²) in [6, 6.07) is 0. The van der Waals surface area contributed by atoms with Crippen LogP contribution in [0.25, 0.3) is 4.96 Å². The maximum absolute atomic E-state index is 4.72. The lowest BCUT2D eigenvalue weighted by molar-refractivity contribution is 0.130. The Labute approximate surface area is 117 Å². The molecular weight excluding hydrogens is 256 g/mol. The van der Waals surface area contributed by atoms with Crippen LogP contribution in [0.1, 0.15) is 19.5 Å². The lowest BCUT2D eigenvalue weighted by Crippen LogP contribution is -2.43. The highest BCUT2D eigenvalue weighted by molar-refractivity contribution is 7.15. The highest BCUT2D eigenvalue weighted by Gasteiger charge is 2.49. The van der Waals surface area contributed by atoms with Gasteiger partial charge in [0.1, 0.15) is 0 Å². The van der Waals surface area contributed by atoms with Gasteiger partial charge in [-0.15, -0.1) is 11.3 Å². The topological polar surface area (TPSA) is 32.6 Å². The van der Waals surface area contributed by atoms with Crippen molar-refractivity contribution in [3.63, 3.8) is 0 Å². The molecule has 0 saturated carbocycles. The van der Waals surface area contributed by atoms with E-state index in [-0.39, 0.29) is 5.54 Å². The van der Waals surface area contributed by atoms with Crippen molar-refractivity contribution in [1.82, 2.24) is 19.6 Å². The molecular formula is C14H20N4S. The number of nitrogens with one attached hydrogen (secondary N) is 1. The Morgan fingerprint density at radius 1 is 1.47 bits per heavy atom. The van der Waals surface area contributed by atoms with Crippen LogP contribution in [-0.2, 0) is 6.54 Å². The van der Waals surface area contributed by atoms with Gasteiger partial charge in [-0.25, -0.2) is 4.98 Å². The standard InChI is InChI=1S/C14H20N4S/c1-14(2)12-6-15-5-10(12)7-18(14)9-11-8-17-3-4-19-13(17)16-11/h3-4,8,10,12,15H,5-7,9H2,1-2H3. The van der Waals surface area contributed by atoms with Crippen LogP contribution in [0.3, 0.4) is 0 Å². The Kier molecular flexibility index (Phi) is 2.53. The third kappa shape index (κ3) is 1.75. The van der Waals surface area contributed by atoms with Gasteiger partial charge in [0.15, 0.2) is 4.96 Å². The zero-order valence-corrected chi connectivity index (χ0v) is 12.3. The van der Waals surface area contributed by atoms with E-state index in [2.05, 4.69) is 46.2 Å². The second-order valence-electron chi connectivity index (χ2n) is 6.38. The minimum absolute atomic E-state index is 0.283. The predicted octanol–water partition coefficient (Wildman–Crippen LogP) is 1.83. The first-order chi connectivity index (χ1) is 9.14. The van der Waals surface area contributed by atoms with Crippen molar-refractivity contribution in [3.8, 4) is 0 Å². The van der Waals surface area contributed by atoms with E-state index in [1.54, 1.807) is 11.3 Å². The number of rotatable bonds is 2. The van der Waals surface area contributed by atoms with E-state index in [0.717, 1.165) is 23.3 Å². The van der Waals surface area contributed by atoms with Gasteiger partial charge in [-0.2, -0.15) is 0 Å². The molecule has 2 fully saturated rings. The van der Waals surface area contributed by atoms with Crippen molar-refractivity contribution in [2.45, 2.75) is 25.9 Å². The molecule has 4 rings (SSSR count). The molecule has 2 aliphatic rings. The quantitative estimate of drug-likeness (QED) is 0.908. The molecule has 2 saturated heterocycles. The highest BCUT2D eigenvalue weighted by Crippen LogP contribution is 2.41. The van der Waals surface area contributed by atoms with Gasteiger partial charge in [-0.05, 0) is 32.2 Å². The number of hydrogen-bond donors (Lipinski definition) is 1. The van der Waals surface area contributed by atoms with E-state index in [1.165, 1.54) is 25.3 Å². The van der Waals surface area contributed by atoms with Crippen molar-refractivity contribution in [1.29, 1.82) is 0 Å². The second kappa shape index (κ2) is 4.04. The third-order valence-electron chi connectivity index (χ3n) is 5.01. The molecule has 0 radical (unpaired) electrons. The fourth-order valence-electron chi connectivity index (χ4n) is 3.82. The van der Waals surface area contributed by atoms with E-state index >= 15 is 0 Å². The number of likely N-dealkylation sites (tertiary alicyclic amines) is 1. The molecule has 1 N–H and O–H groups in total. The molecule has 0 amide bonds. The fraction of sp³-hybridized carbons (Fsp3) is 0.643. The Balaban J connectivity index is 1.58. The van der Waals surface area contributed by atoms with Crippen LogP contribution in [0.5, 0.6) is 0 Å². The van der Waals surface area contributed by atoms with Crippen molar-refractivity contribution in [2.24, 2.45) is 11.8 Å². The van der Waals surface area contributed by atoms with Gasteiger partial charge < -0.3 is 5.32 Å². The van der Waals surface area contributed by atoms with Crippen LogP contribution in [-0.4, -0.2) is 39.5 Å². The molecule has 4 nitrogen and oxygen atoms in total. The van der Waals surface area contributed by atoms with Gasteiger partial charge >= 0.3 is 0 Å². The first kappa shape index (κ1) is 11.9. The molecule has 2 unspecified atom stereocenters. The number of thiazole rings is 1. The van der Waals surface area contributed by atoms with Crippen molar-refractivity contribution < 1.29 is 0 Å². The zero-order chi connectivity index (χ0) is 13.0. The van der Waals surface area contributed by atoms with Crippen molar-refractivity contribution in [3.05, 3.63) is 23.5 Å². The number of hydrogen-bond acceptors (Lipinski definition) is 4. The number of nitrogens with zero attached hydrogens (tertiary/aromatic N) is 3. The lowest BCUT2D eigenvalue weighted by Gasteiger charge is -2.35. The molecule has 2 aromatic heterocycles. The average molecular weight is 276 g/mol. The van der Waals surface area contributed by atoms with Crippen LogP contribution in [0, 0.1) is 11.8 Å². The maximum Gasteiger partial charge on any atom is 0.193 e. The molecule has 2 aliphatic heterocycles. The summed E-state index contributed by atoms with van der Waals surface area (Å²) in [4.78, 5) is 8.45. The van der Waals surface area contributed by atoms with Gasteiger partial charge in [0, 0.05) is 42.9 Å². The second-order valence-corrected chi connectivity index (χ2v) is 7.26. The van der Waals surface area contributed by atoms with E-state index in [9.17, 15) is 0 Å². The zero-order valence-electron chi connectivity index (χ0n) is 11.5. The van der Waals surface area contributed by atoms with Crippen LogP contribution in [0.2, 0.25) is 0 Å². The van der Waals surface area contributed by atoms with Crippen LogP contribution in [0.4, 0.5) is 0 Å². The summed E-state index contributed by atoms with van der Waals surface area (Å²) in [6.45, 7) is 9.33. The molecule has 2 aromatic rings. The summed E-state index contributed by atoms with van der Waals surface area (Å²) in [6.07, 6.45) is 4.26. The summed E-state index contributed by atoms with van der Waals surface area (Å²) in [5, 5.41) is 5.62. The normalized spacial score (nSPS) is 30.2. The number of fused-ring (bicyclic) bond motifs is 2. The molecule has 0 aliphatic carbocycles. The first-order valence-electron chi connectivity index (χ1n) is 7.01. The van der Waals surface area contributed by atoms with E-state index in [1.807, 2.05) is 0 Å². The Bertz CT molecular complexity index is 571. The van der Waals surface area contributed by atoms with Crippen molar-refractivity contribution in [2.75, 3.05) is 19.6 Å². The molecule has 5 heteroatoms. The van der Waals surface area contributed by atoms with Crippen LogP contribution >= 0.6 is 11.3 Å². The Hall–Kier alpha value is -0.910. The van der Waals surface area contributed by atoms with Gasteiger partial charge in [0.05, 0.1) is 5.69 Å². The van der Waals surface area contributed by atoms with E-state index in [4.69, 9.17) is 4.98 Å². The fourth-order valence-corrected chi connectivity index (χ4v) is 4.54. The van der Waals surface area contributed by atoms with Crippen LogP contribution < -0.4 is 5.32 Å². The molecule has 2 atom stereocenters. The monoisotopic (exact) mass is 276 g/mol. The average Bonchev–Trinajstić information content (AvgIpc) is 3.03. The summed E-state index contributed by atoms with van der Waals surface area (Å²) in [7, 11) is 0. The minimum Gasteiger partial charge on any atom is -0.316 e. The van der Waals surface area contributed by atoms with E-state index in [0.29, 0.717) is 0 Å². The number of aromatic nitrogens is 2. The summed E-state index contributed by atoms with van der Waals surface area (Å²) >= 11 is 1.71. The molecule has 19 heavy (non-hydrogen) atoms. The summed E-state index contributed by atoms with van der Waals surface area (Å²) < 4.78 is 2.13. The van der Waals surface area contributed by atoms with Crippen LogP contribution in [0.15, 0.2) is 17.8 Å². The molecule has 0 bridgehead atoms. The van der Waals surface area contributed by atoms with Gasteiger partial charge in [0.2, 0.25) is 0 Å². The molecule has 0 spiro atoms. The third-order valence-corrected chi connectivity index (χ3v) is 5.78. The molecule has 102 valence electrons. The number of imidazole rings is 1. The lowest BCUT2D eigenvalue weighted by atomic mass is 9.85. The molecule has 4 heterocycles. The van der Waals surface area contributed by atoms with Gasteiger partial charge in [0.25, 0.3) is 0 Å². The predicted molar refractivity (Wildman–Crippen MR) is 77.4 cm³/mol. The SMILES string of the molecule is CC1(C)C2CNCC2CN1Cc1cn2ccsc2n1. The highest BCUT2D eigenvalue weighted by atomic mass is 32.1. The summed E-state index contributed by atoms with van der Waals surface area (Å²) in [5.41, 5.74) is 1.48. The Morgan fingerprint density at radius 3 is 3.16 bits per heavy atom.